The van der Waals surface area contributed by atoms with E-state index in [2.05, 4.69) is 5.32 Å². The molecule has 1 saturated carbocycles. The quantitative estimate of drug-likeness (QED) is 0.854. The van der Waals surface area contributed by atoms with E-state index in [9.17, 15) is 14.7 Å². The van der Waals surface area contributed by atoms with Crippen LogP contribution in [0.1, 0.15) is 17.5 Å². The summed E-state index contributed by atoms with van der Waals surface area (Å²) in [6.07, 6.45) is 4.62. The summed E-state index contributed by atoms with van der Waals surface area (Å²) in [5.41, 5.74) is 2.86. The van der Waals surface area contributed by atoms with Gasteiger partial charge in [-0.1, -0.05) is 24.3 Å². The van der Waals surface area contributed by atoms with Crippen molar-refractivity contribution in [3.8, 4) is 0 Å². The second kappa shape index (κ2) is 5.02. The average Bonchev–Trinajstić information content (AvgIpc) is 3.04. The van der Waals surface area contributed by atoms with E-state index in [1.807, 2.05) is 44.2 Å². The first-order valence-corrected chi connectivity index (χ1v) is 7.25. The summed E-state index contributed by atoms with van der Waals surface area (Å²) < 4.78 is 0. The number of carbonyl (C=O) groups is 2. The molecular formula is C17H18NO3-. The maximum absolute atomic E-state index is 12.5. The fourth-order valence-electron chi connectivity index (χ4n) is 3.60. The lowest BCUT2D eigenvalue weighted by Crippen LogP contribution is -2.42. The molecule has 4 atom stereocenters. The summed E-state index contributed by atoms with van der Waals surface area (Å²) in [6, 6.07) is 5.71. The Balaban J connectivity index is 1.84. The number of carbonyl (C=O) groups excluding carboxylic acids is 2. The van der Waals surface area contributed by atoms with Gasteiger partial charge in [-0.15, -0.1) is 0 Å². The third kappa shape index (κ3) is 2.24. The molecule has 4 nitrogen and oxygen atoms in total. The van der Waals surface area contributed by atoms with Crippen molar-refractivity contribution in [1.29, 1.82) is 0 Å². The summed E-state index contributed by atoms with van der Waals surface area (Å²) in [7, 11) is 0. The molecule has 4 heteroatoms. The van der Waals surface area contributed by atoms with Crippen molar-refractivity contribution in [2.24, 2.45) is 23.7 Å². The molecule has 1 N–H and O–H groups in total. The third-order valence-corrected chi connectivity index (χ3v) is 4.90. The summed E-state index contributed by atoms with van der Waals surface area (Å²) in [4.78, 5) is 23.9. The van der Waals surface area contributed by atoms with E-state index in [0.717, 1.165) is 23.2 Å². The van der Waals surface area contributed by atoms with Crippen LogP contribution in [0, 0.1) is 37.5 Å². The molecule has 0 radical (unpaired) electrons. The van der Waals surface area contributed by atoms with E-state index < -0.39 is 17.8 Å². The normalized spacial score (nSPS) is 29.6. The van der Waals surface area contributed by atoms with Gasteiger partial charge < -0.3 is 15.2 Å². The Kier molecular flexibility index (Phi) is 3.32. The molecule has 0 aliphatic heterocycles. The van der Waals surface area contributed by atoms with Crippen molar-refractivity contribution in [2.45, 2.75) is 20.3 Å². The maximum atomic E-state index is 12.5. The van der Waals surface area contributed by atoms with Gasteiger partial charge in [-0.25, -0.2) is 0 Å². The van der Waals surface area contributed by atoms with Crippen LogP contribution < -0.4 is 10.4 Å². The standard InChI is InChI=1S/C17H19NO3/c1-9-4-3-5-13(10(9)2)18-16(19)14-11-6-7-12(8-11)15(14)17(20)21/h3-7,11-12,14-15H,8H2,1-2H3,(H,18,19)(H,20,21)/p-1/t11-,12-,14-,15-/m0/s1. The minimum atomic E-state index is -1.12. The fraction of sp³-hybridized carbons (Fsp3) is 0.412. The zero-order chi connectivity index (χ0) is 15.1. The zero-order valence-electron chi connectivity index (χ0n) is 12.1. The molecule has 3 rings (SSSR count). The number of fused-ring (bicyclic) bond motifs is 2. The Bertz CT molecular complexity index is 635. The van der Waals surface area contributed by atoms with Crippen LogP contribution in [-0.2, 0) is 9.59 Å². The molecule has 21 heavy (non-hydrogen) atoms. The molecule has 2 aliphatic carbocycles. The minimum Gasteiger partial charge on any atom is -0.550 e. The van der Waals surface area contributed by atoms with Crippen molar-refractivity contribution in [3.05, 3.63) is 41.5 Å². The average molecular weight is 284 g/mol. The SMILES string of the molecule is Cc1cccc(NC(=O)[C@@H]2[C@@H](C(=O)[O-])[C@H]3C=C[C@H]2C3)c1C. The van der Waals surface area contributed by atoms with Crippen LogP contribution in [0.5, 0.6) is 0 Å². The van der Waals surface area contributed by atoms with Gasteiger partial charge in [0.1, 0.15) is 0 Å². The van der Waals surface area contributed by atoms with Gasteiger partial charge in [0.05, 0.1) is 5.92 Å². The number of hydrogen-bond donors (Lipinski definition) is 1. The largest absolute Gasteiger partial charge is 0.550 e. The first-order chi connectivity index (χ1) is 9.99. The monoisotopic (exact) mass is 284 g/mol. The Hall–Kier alpha value is -2.10. The first-order valence-electron chi connectivity index (χ1n) is 7.25. The smallest absolute Gasteiger partial charge is 0.228 e. The van der Waals surface area contributed by atoms with Gasteiger partial charge in [0, 0.05) is 17.6 Å². The van der Waals surface area contributed by atoms with Crippen LogP contribution in [0.2, 0.25) is 0 Å². The highest BCUT2D eigenvalue weighted by Gasteiger charge is 2.48. The van der Waals surface area contributed by atoms with Crippen molar-refractivity contribution in [2.75, 3.05) is 5.32 Å². The van der Waals surface area contributed by atoms with Crippen LogP contribution in [-0.4, -0.2) is 11.9 Å². The number of anilines is 1. The molecule has 2 bridgehead atoms. The third-order valence-electron chi connectivity index (χ3n) is 4.90. The van der Waals surface area contributed by atoms with Gasteiger partial charge in [0.2, 0.25) is 5.91 Å². The van der Waals surface area contributed by atoms with E-state index in [1.165, 1.54) is 0 Å². The molecule has 1 aromatic carbocycles. The number of aliphatic carboxylic acids is 1. The van der Waals surface area contributed by atoms with Crippen molar-refractivity contribution in [3.63, 3.8) is 0 Å². The number of amides is 1. The van der Waals surface area contributed by atoms with Crippen molar-refractivity contribution >= 4 is 17.6 Å². The molecule has 0 unspecified atom stereocenters. The lowest BCUT2D eigenvalue weighted by atomic mass is 9.82. The number of hydrogen-bond acceptors (Lipinski definition) is 3. The molecular weight excluding hydrogens is 266 g/mol. The predicted octanol–water partition coefficient (Wildman–Crippen LogP) is 1.43. The molecule has 2 aliphatic rings. The lowest BCUT2D eigenvalue weighted by Gasteiger charge is -2.28. The van der Waals surface area contributed by atoms with Crippen LogP contribution in [0.15, 0.2) is 30.4 Å². The van der Waals surface area contributed by atoms with Gasteiger partial charge in [0.25, 0.3) is 0 Å². The minimum absolute atomic E-state index is 0.0167. The summed E-state index contributed by atoms with van der Waals surface area (Å²) in [5.74, 6) is -2.60. The summed E-state index contributed by atoms with van der Waals surface area (Å²) in [6.45, 7) is 3.93. The first kappa shape index (κ1) is 13.9. The van der Waals surface area contributed by atoms with Crippen LogP contribution >= 0.6 is 0 Å². The van der Waals surface area contributed by atoms with Crippen molar-refractivity contribution in [1.82, 2.24) is 0 Å². The molecule has 0 spiro atoms. The zero-order valence-corrected chi connectivity index (χ0v) is 12.1. The highest BCUT2D eigenvalue weighted by Crippen LogP contribution is 2.48. The van der Waals surface area contributed by atoms with Crippen LogP contribution in [0.3, 0.4) is 0 Å². The second-order valence-electron chi connectivity index (χ2n) is 6.06. The topological polar surface area (TPSA) is 69.2 Å². The second-order valence-corrected chi connectivity index (χ2v) is 6.06. The molecule has 1 aromatic rings. The highest BCUT2D eigenvalue weighted by molar-refractivity contribution is 5.96. The lowest BCUT2D eigenvalue weighted by molar-refractivity contribution is -0.313. The molecule has 0 heterocycles. The Morgan fingerprint density at radius 1 is 1.14 bits per heavy atom. The summed E-state index contributed by atoms with van der Waals surface area (Å²) >= 11 is 0. The highest BCUT2D eigenvalue weighted by atomic mass is 16.4. The fourth-order valence-corrected chi connectivity index (χ4v) is 3.60. The molecule has 1 amide bonds. The van der Waals surface area contributed by atoms with Crippen molar-refractivity contribution < 1.29 is 14.7 Å². The van der Waals surface area contributed by atoms with Gasteiger partial charge in [-0.2, -0.15) is 0 Å². The number of nitrogens with one attached hydrogen (secondary N) is 1. The van der Waals surface area contributed by atoms with Gasteiger partial charge in [-0.3, -0.25) is 4.79 Å². The molecule has 0 aromatic heterocycles. The molecule has 1 fully saturated rings. The van der Waals surface area contributed by atoms with E-state index >= 15 is 0 Å². The van der Waals surface area contributed by atoms with E-state index in [-0.39, 0.29) is 17.7 Å². The molecule has 0 saturated heterocycles. The Morgan fingerprint density at radius 3 is 2.48 bits per heavy atom. The Labute approximate surface area is 123 Å². The number of benzene rings is 1. The number of carboxylic acid groups (broad SMARTS) is 1. The number of aryl methyl sites for hydroxylation is 1. The maximum Gasteiger partial charge on any atom is 0.228 e. The Morgan fingerprint density at radius 2 is 1.81 bits per heavy atom. The van der Waals surface area contributed by atoms with Crippen LogP contribution in [0.25, 0.3) is 0 Å². The van der Waals surface area contributed by atoms with Gasteiger partial charge in [0.15, 0.2) is 0 Å². The van der Waals surface area contributed by atoms with E-state index in [1.54, 1.807) is 0 Å². The number of allylic oxidation sites excluding steroid dienone is 2. The predicted molar refractivity (Wildman–Crippen MR) is 77.3 cm³/mol. The summed E-state index contributed by atoms with van der Waals surface area (Å²) in [5, 5.41) is 14.3. The van der Waals surface area contributed by atoms with E-state index in [0.29, 0.717) is 0 Å². The number of carboxylic acids is 1. The van der Waals surface area contributed by atoms with Crippen LogP contribution in [0.4, 0.5) is 5.69 Å². The molecule has 110 valence electrons. The van der Waals surface area contributed by atoms with Gasteiger partial charge in [-0.05, 0) is 49.3 Å². The van der Waals surface area contributed by atoms with E-state index in [4.69, 9.17) is 0 Å². The van der Waals surface area contributed by atoms with Gasteiger partial charge >= 0.3 is 0 Å². The number of rotatable bonds is 3.